The molecule has 1 aliphatic rings. The molecule has 1 aromatic heterocycles. The number of ether oxygens (including phenoxy) is 1. The van der Waals surface area contributed by atoms with Crippen LogP contribution in [0, 0.1) is 6.92 Å². The fourth-order valence-corrected chi connectivity index (χ4v) is 4.15. The summed E-state index contributed by atoms with van der Waals surface area (Å²) in [6.45, 7) is 16.0. The zero-order chi connectivity index (χ0) is 24.8. The lowest BCUT2D eigenvalue weighted by atomic mass is 9.99. The molecule has 1 aromatic carbocycles. The molecule has 34 heavy (non-hydrogen) atoms. The minimum absolute atomic E-state index is 0.235. The molecule has 0 spiro atoms. The summed E-state index contributed by atoms with van der Waals surface area (Å²) >= 11 is 6.47. The van der Waals surface area contributed by atoms with Crippen molar-refractivity contribution in [3.63, 3.8) is 0 Å². The Kier molecular flexibility index (Phi) is 8.74. The quantitative estimate of drug-likeness (QED) is 0.278. The number of rotatable bonds is 9. The van der Waals surface area contributed by atoms with E-state index in [-0.39, 0.29) is 6.04 Å². The van der Waals surface area contributed by atoms with Crippen molar-refractivity contribution >= 4 is 35.8 Å². The van der Waals surface area contributed by atoms with E-state index in [1.54, 1.807) is 11.2 Å². The predicted molar refractivity (Wildman–Crippen MR) is 141 cm³/mol. The summed E-state index contributed by atoms with van der Waals surface area (Å²) in [5, 5.41) is 5.63. The van der Waals surface area contributed by atoms with Crippen molar-refractivity contribution in [1.82, 2.24) is 15.0 Å². The number of aromatic nitrogens is 2. The van der Waals surface area contributed by atoms with Crippen LogP contribution in [0.1, 0.15) is 57.6 Å². The molecule has 0 atom stereocenters. The van der Waals surface area contributed by atoms with Gasteiger partial charge in [0.05, 0.1) is 18.5 Å². The van der Waals surface area contributed by atoms with Gasteiger partial charge in [-0.1, -0.05) is 25.4 Å². The number of anilines is 3. The highest BCUT2D eigenvalue weighted by Crippen LogP contribution is 2.35. The zero-order valence-corrected chi connectivity index (χ0v) is 21.6. The van der Waals surface area contributed by atoms with E-state index >= 15 is 0 Å². The highest BCUT2D eigenvalue weighted by molar-refractivity contribution is 6.32. The van der Waals surface area contributed by atoms with Crippen LogP contribution in [0.15, 0.2) is 35.2 Å². The molecule has 3 rings (SSSR count). The Morgan fingerprint density at radius 2 is 2.12 bits per heavy atom. The first-order chi connectivity index (χ1) is 16.2. The lowest BCUT2D eigenvalue weighted by molar-refractivity contribution is 0.239. The molecule has 1 saturated heterocycles. The molecule has 2 aromatic rings. The maximum Gasteiger partial charge on any atom is 0.227 e. The van der Waals surface area contributed by atoms with Crippen LogP contribution in [0.5, 0.6) is 5.75 Å². The summed E-state index contributed by atoms with van der Waals surface area (Å²) in [6, 6.07) is 4.43. The van der Waals surface area contributed by atoms with Gasteiger partial charge in [0.2, 0.25) is 5.95 Å². The predicted octanol–water partition coefficient (Wildman–Crippen LogP) is 5.41. The minimum atomic E-state index is 0.235. The van der Waals surface area contributed by atoms with Crippen molar-refractivity contribution in [2.75, 3.05) is 29.9 Å². The van der Waals surface area contributed by atoms with E-state index in [9.17, 15) is 0 Å². The van der Waals surface area contributed by atoms with Crippen molar-refractivity contribution in [1.29, 1.82) is 0 Å². The lowest BCUT2D eigenvalue weighted by Crippen LogP contribution is -2.46. The number of aliphatic imine (C=N–C) groups is 1. The molecule has 0 radical (unpaired) electrons. The molecule has 0 amide bonds. The summed E-state index contributed by atoms with van der Waals surface area (Å²) in [7, 11) is 0. The first-order valence-electron chi connectivity index (χ1n) is 11.7. The number of nitrogens with one attached hydrogen (secondary N) is 1. The molecule has 0 bridgehead atoms. The zero-order valence-electron chi connectivity index (χ0n) is 20.8. The van der Waals surface area contributed by atoms with Gasteiger partial charge in [0.15, 0.2) is 5.82 Å². The van der Waals surface area contributed by atoms with Gasteiger partial charge in [0.25, 0.3) is 0 Å². The number of hydrogen-bond acceptors (Lipinski definition) is 8. The van der Waals surface area contributed by atoms with Gasteiger partial charge >= 0.3 is 0 Å². The Labute approximate surface area is 207 Å². The van der Waals surface area contributed by atoms with Crippen LogP contribution in [0.3, 0.4) is 0 Å². The third-order valence-electron chi connectivity index (χ3n) is 6.02. The molecule has 2 heterocycles. The number of aryl methyl sites for hydroxylation is 1. The topological polar surface area (TPSA) is 91.9 Å². The second-order valence-electron chi connectivity index (χ2n) is 8.88. The van der Waals surface area contributed by atoms with Gasteiger partial charge in [0, 0.05) is 31.0 Å². The fraction of sp³-hybridized carbons (Fsp3) is 0.480. The van der Waals surface area contributed by atoms with Crippen molar-refractivity contribution in [3.05, 3.63) is 46.4 Å². The van der Waals surface area contributed by atoms with Crippen LogP contribution in [0.2, 0.25) is 5.02 Å². The summed E-state index contributed by atoms with van der Waals surface area (Å²) in [5.74, 6) is 8.68. The van der Waals surface area contributed by atoms with E-state index in [1.807, 2.05) is 27.0 Å². The Morgan fingerprint density at radius 3 is 2.74 bits per heavy atom. The van der Waals surface area contributed by atoms with Crippen molar-refractivity contribution < 1.29 is 4.74 Å². The summed E-state index contributed by atoms with van der Waals surface area (Å²) in [6.07, 6.45) is 5.27. The van der Waals surface area contributed by atoms with Gasteiger partial charge in [0.1, 0.15) is 10.8 Å². The maximum atomic E-state index is 6.47. The second kappa shape index (κ2) is 11.5. The first-order valence-corrected chi connectivity index (χ1v) is 12.1. The van der Waals surface area contributed by atoms with E-state index < -0.39 is 0 Å². The second-order valence-corrected chi connectivity index (χ2v) is 9.29. The molecule has 8 nitrogen and oxygen atoms in total. The molecule has 184 valence electrons. The first kappa shape index (κ1) is 25.8. The van der Waals surface area contributed by atoms with Crippen molar-refractivity contribution in [2.45, 2.75) is 59.4 Å². The van der Waals surface area contributed by atoms with Gasteiger partial charge in [-0.15, -0.1) is 0 Å². The van der Waals surface area contributed by atoms with Crippen LogP contribution >= 0.6 is 11.6 Å². The lowest BCUT2D eigenvalue weighted by Gasteiger charge is -2.36. The SMILES string of the molecule is C=N/C(C)=C\N(N)C1CCN(c2ncc(Cl)c(Nc3cc(C(C)C)c(OCC)cc3C)n2)CC1. The van der Waals surface area contributed by atoms with Crippen LogP contribution in [0.25, 0.3) is 0 Å². The molecular formula is C25H36ClN7O. The van der Waals surface area contributed by atoms with Gasteiger partial charge in [-0.05, 0) is 69.5 Å². The molecule has 0 unspecified atom stereocenters. The Morgan fingerprint density at radius 1 is 1.41 bits per heavy atom. The number of nitrogens with zero attached hydrogens (tertiary/aromatic N) is 5. The van der Waals surface area contributed by atoms with Gasteiger partial charge < -0.3 is 20.0 Å². The van der Waals surface area contributed by atoms with Crippen LogP contribution < -0.4 is 20.8 Å². The van der Waals surface area contributed by atoms with Crippen molar-refractivity contribution in [2.24, 2.45) is 10.8 Å². The highest BCUT2D eigenvalue weighted by Gasteiger charge is 2.24. The summed E-state index contributed by atoms with van der Waals surface area (Å²) in [5.41, 5.74) is 3.95. The third-order valence-corrected chi connectivity index (χ3v) is 6.29. The number of piperidine rings is 1. The van der Waals surface area contributed by atoms with Gasteiger partial charge in [-0.3, -0.25) is 4.99 Å². The number of nitrogens with two attached hydrogens (primary N) is 1. The Balaban J connectivity index is 1.77. The molecule has 3 N–H and O–H groups in total. The number of benzene rings is 1. The van der Waals surface area contributed by atoms with E-state index in [2.05, 4.69) is 52.9 Å². The van der Waals surface area contributed by atoms with Gasteiger partial charge in [-0.25, -0.2) is 10.8 Å². The van der Waals surface area contributed by atoms with Crippen LogP contribution in [-0.4, -0.2) is 47.4 Å². The van der Waals surface area contributed by atoms with E-state index in [4.69, 9.17) is 27.2 Å². The van der Waals surface area contributed by atoms with E-state index in [0.29, 0.717) is 29.3 Å². The maximum absolute atomic E-state index is 6.47. The average Bonchev–Trinajstić information content (AvgIpc) is 2.82. The Hall–Kier alpha value is -2.84. The summed E-state index contributed by atoms with van der Waals surface area (Å²) < 4.78 is 5.85. The van der Waals surface area contributed by atoms with Crippen LogP contribution in [-0.2, 0) is 0 Å². The Bertz CT molecular complexity index is 1030. The minimum Gasteiger partial charge on any atom is -0.494 e. The molecular weight excluding hydrogens is 450 g/mol. The normalized spacial score (nSPS) is 14.9. The van der Waals surface area contributed by atoms with Crippen LogP contribution in [0.4, 0.5) is 17.5 Å². The fourth-order valence-electron chi connectivity index (χ4n) is 4.02. The number of halogens is 1. The molecule has 0 aliphatic carbocycles. The molecule has 9 heteroatoms. The molecule has 1 aliphatic heterocycles. The van der Waals surface area contributed by atoms with E-state index in [1.165, 1.54) is 0 Å². The molecule has 1 fully saturated rings. The number of hydrogen-bond donors (Lipinski definition) is 2. The average molecular weight is 486 g/mol. The standard InChI is InChI=1S/C25H36ClN7O/c1-7-34-23-12-17(4)22(13-20(23)16(2)3)30-24-21(26)14-29-25(31-24)32-10-8-19(9-11-32)33(27)15-18(5)28-6/h12-16,19H,6-11,27H2,1-5H3,(H,29,30,31)/b18-15-. The molecule has 0 saturated carbocycles. The van der Waals surface area contributed by atoms with E-state index in [0.717, 1.165) is 54.2 Å². The highest BCUT2D eigenvalue weighted by atomic mass is 35.5. The summed E-state index contributed by atoms with van der Waals surface area (Å²) in [4.78, 5) is 15.3. The smallest absolute Gasteiger partial charge is 0.227 e. The third kappa shape index (κ3) is 6.18. The van der Waals surface area contributed by atoms with Gasteiger partial charge in [-0.2, -0.15) is 4.98 Å². The van der Waals surface area contributed by atoms with Crippen molar-refractivity contribution in [3.8, 4) is 5.75 Å². The largest absolute Gasteiger partial charge is 0.494 e. The monoisotopic (exact) mass is 485 g/mol. The number of hydrazine groups is 1. The number of allylic oxidation sites excluding steroid dienone is 1.